The molecule has 0 unspecified atom stereocenters. The third-order valence-corrected chi connectivity index (χ3v) is 9.49. The van der Waals surface area contributed by atoms with Crippen molar-refractivity contribution >= 4 is 28.9 Å². The number of carbonyl (C=O) groups excluding carboxylic acids is 3. The predicted molar refractivity (Wildman–Crippen MR) is 160 cm³/mol. The summed E-state index contributed by atoms with van der Waals surface area (Å²) in [5.74, 6) is -6.28. The second kappa shape index (κ2) is 10.2. The molecule has 0 aliphatic heterocycles. The molecule has 2 aromatic rings. The van der Waals surface area contributed by atoms with Crippen LogP contribution in [0.5, 0.6) is 11.5 Å². The van der Waals surface area contributed by atoms with Crippen molar-refractivity contribution in [3.63, 3.8) is 0 Å². The summed E-state index contributed by atoms with van der Waals surface area (Å²) in [5.41, 5.74) is -0.541. The Morgan fingerprint density at radius 3 is 2.13 bits per heavy atom. The number of ketones is 2. The molecular weight excluding hydrogens is 611 g/mol. The van der Waals surface area contributed by atoms with E-state index >= 15 is 0 Å². The summed E-state index contributed by atoms with van der Waals surface area (Å²) in [7, 11) is 6.45. The van der Waals surface area contributed by atoms with E-state index < -0.39 is 74.9 Å². The zero-order chi connectivity index (χ0) is 34.5. The lowest BCUT2D eigenvalue weighted by Crippen LogP contribution is -2.72. The number of ether oxygens (including phenoxy) is 1. The number of benzene rings is 2. The summed E-state index contributed by atoms with van der Waals surface area (Å²) in [6.07, 6.45) is -5.02. The second-order valence-corrected chi connectivity index (χ2v) is 13.0. The van der Waals surface area contributed by atoms with E-state index in [4.69, 9.17) is 5.73 Å². The maximum Gasteiger partial charge on any atom is 0.573 e. The third-order valence-electron chi connectivity index (χ3n) is 9.49. The smallest absolute Gasteiger partial charge is 0.508 e. The number of amides is 1. The molecule has 5 rings (SSSR count). The molecule has 46 heavy (non-hydrogen) atoms. The number of anilines is 1. The lowest BCUT2D eigenvalue weighted by atomic mass is 9.46. The van der Waals surface area contributed by atoms with Crippen LogP contribution in [0.3, 0.4) is 0 Å². The molecule has 6 N–H and O–H groups in total. The molecule has 2 aromatic carbocycles. The summed E-state index contributed by atoms with van der Waals surface area (Å²) in [5, 5.41) is 46.8. The van der Waals surface area contributed by atoms with Crippen molar-refractivity contribution in [2.24, 2.45) is 16.6 Å². The van der Waals surface area contributed by atoms with Crippen LogP contribution in [0.25, 0.3) is 16.9 Å². The standard InChI is InChI=1S/C32H34F3N3O8/c1-29-12-17-18(37(3)4)11-16(14-7-9-15(10-8-14)46-32(33,34)35)22(39)19(17)23(40)21(29)27(43)31(45)26(42)20(28(36)44)24(41)25(38(5)6)30(31,2)13-29/h7-11,25,39-40,42,45H,12-13H2,1-6H3,(H2,36,44)/t25-,29+,30+,31-/m1/s1. The number of primary amides is 1. The Labute approximate surface area is 262 Å². The van der Waals surface area contributed by atoms with E-state index in [1.807, 2.05) is 0 Å². The molecule has 0 bridgehead atoms. The van der Waals surface area contributed by atoms with Gasteiger partial charge in [-0.05, 0) is 56.3 Å². The Morgan fingerprint density at radius 1 is 1.04 bits per heavy atom. The number of carbonyl (C=O) groups is 3. The Bertz CT molecular complexity index is 1760. The molecule has 11 nitrogen and oxygen atoms in total. The highest BCUT2D eigenvalue weighted by molar-refractivity contribution is 6.25. The van der Waals surface area contributed by atoms with Crippen LogP contribution in [0, 0.1) is 10.8 Å². The van der Waals surface area contributed by atoms with Crippen molar-refractivity contribution in [2.45, 2.75) is 44.7 Å². The average Bonchev–Trinajstić information content (AvgIpc) is 2.90. The van der Waals surface area contributed by atoms with E-state index in [9.17, 15) is 48.0 Å². The van der Waals surface area contributed by atoms with Crippen LogP contribution in [0.1, 0.15) is 31.4 Å². The zero-order valence-electron chi connectivity index (χ0n) is 25.9. The Kier molecular flexibility index (Phi) is 7.29. The van der Waals surface area contributed by atoms with Gasteiger partial charge in [-0.2, -0.15) is 0 Å². The van der Waals surface area contributed by atoms with Crippen LogP contribution in [0.15, 0.2) is 47.2 Å². The van der Waals surface area contributed by atoms with E-state index in [0.29, 0.717) is 11.3 Å². The first-order valence-corrected chi connectivity index (χ1v) is 14.2. The number of nitrogens with zero attached hydrogens (tertiary/aromatic N) is 2. The fourth-order valence-corrected chi connectivity index (χ4v) is 7.83. The van der Waals surface area contributed by atoms with Gasteiger partial charge in [0.2, 0.25) is 5.78 Å². The number of hydrogen-bond acceptors (Lipinski definition) is 10. The summed E-state index contributed by atoms with van der Waals surface area (Å²) < 4.78 is 42.1. The first-order chi connectivity index (χ1) is 21.1. The van der Waals surface area contributed by atoms with Gasteiger partial charge in [0.05, 0.1) is 11.6 Å². The van der Waals surface area contributed by atoms with Crippen molar-refractivity contribution in [3.8, 4) is 22.6 Å². The predicted octanol–water partition coefficient (Wildman–Crippen LogP) is 3.38. The second-order valence-electron chi connectivity index (χ2n) is 13.0. The number of aromatic hydroxyl groups is 1. The number of nitrogens with two attached hydrogens (primary N) is 1. The number of hydrogen-bond donors (Lipinski definition) is 5. The van der Waals surface area contributed by atoms with E-state index in [1.54, 1.807) is 32.0 Å². The fourth-order valence-electron chi connectivity index (χ4n) is 7.83. The molecule has 3 aliphatic rings. The topological polar surface area (TPSA) is 174 Å². The maximum atomic E-state index is 14.5. The van der Waals surface area contributed by atoms with E-state index in [1.165, 1.54) is 38.1 Å². The first-order valence-electron chi connectivity index (χ1n) is 14.2. The molecule has 0 aromatic heterocycles. The maximum absolute atomic E-state index is 14.5. The van der Waals surface area contributed by atoms with Crippen molar-refractivity contribution in [3.05, 3.63) is 58.4 Å². The number of Topliss-reactive ketones (excluding diaryl/α,β-unsaturated/α-hetero) is 2. The Morgan fingerprint density at radius 2 is 1.63 bits per heavy atom. The number of phenolic OH excluding ortho intramolecular Hbond substituents is 1. The monoisotopic (exact) mass is 645 g/mol. The number of phenols is 1. The van der Waals surface area contributed by atoms with Gasteiger partial charge < -0.3 is 35.8 Å². The average molecular weight is 646 g/mol. The molecule has 1 amide bonds. The van der Waals surface area contributed by atoms with Gasteiger partial charge in [-0.25, -0.2) is 0 Å². The van der Waals surface area contributed by atoms with Crippen LogP contribution in [-0.4, -0.2) is 89.0 Å². The lowest BCUT2D eigenvalue weighted by Gasteiger charge is -2.59. The molecule has 4 atom stereocenters. The van der Waals surface area contributed by atoms with E-state index in [0.717, 1.165) is 12.1 Å². The molecule has 3 aliphatic carbocycles. The van der Waals surface area contributed by atoms with E-state index in [-0.39, 0.29) is 35.1 Å². The van der Waals surface area contributed by atoms with Gasteiger partial charge in [0.1, 0.15) is 28.6 Å². The van der Waals surface area contributed by atoms with Crippen molar-refractivity contribution in [1.29, 1.82) is 0 Å². The highest BCUT2D eigenvalue weighted by Gasteiger charge is 2.72. The fraction of sp³-hybridized carbons (Fsp3) is 0.406. The van der Waals surface area contributed by atoms with Gasteiger partial charge in [-0.3, -0.25) is 19.3 Å². The molecular formula is C32H34F3N3O8. The number of likely N-dealkylation sites (N-methyl/N-ethyl adjacent to an activating group) is 1. The molecule has 0 radical (unpaired) electrons. The molecule has 0 heterocycles. The molecule has 14 heteroatoms. The number of rotatable bonds is 5. The number of aliphatic hydroxyl groups is 3. The van der Waals surface area contributed by atoms with Crippen LogP contribution >= 0.6 is 0 Å². The molecule has 0 spiro atoms. The number of fused-ring (bicyclic) bond motifs is 3. The molecule has 1 fully saturated rings. The third kappa shape index (κ3) is 4.45. The van der Waals surface area contributed by atoms with Crippen molar-refractivity contribution < 1.29 is 52.7 Å². The van der Waals surface area contributed by atoms with E-state index in [2.05, 4.69) is 4.74 Å². The van der Waals surface area contributed by atoms with Crippen molar-refractivity contribution in [2.75, 3.05) is 33.1 Å². The Balaban J connectivity index is 1.78. The number of alkyl halides is 3. The summed E-state index contributed by atoms with van der Waals surface area (Å²) in [6.45, 7) is 3.12. The highest BCUT2D eigenvalue weighted by atomic mass is 19.4. The minimum atomic E-state index is -4.91. The number of halogens is 3. The van der Waals surface area contributed by atoms with Gasteiger partial charge in [-0.1, -0.05) is 26.0 Å². The van der Waals surface area contributed by atoms with Crippen molar-refractivity contribution in [1.82, 2.24) is 4.90 Å². The molecule has 1 saturated carbocycles. The van der Waals surface area contributed by atoms with Gasteiger partial charge in [-0.15, -0.1) is 13.2 Å². The van der Waals surface area contributed by atoms with Crippen LogP contribution in [0.2, 0.25) is 0 Å². The largest absolute Gasteiger partial charge is 0.573 e. The summed E-state index contributed by atoms with van der Waals surface area (Å²) in [6, 6.07) is 5.00. The summed E-state index contributed by atoms with van der Waals surface area (Å²) >= 11 is 0. The zero-order valence-corrected chi connectivity index (χ0v) is 25.9. The van der Waals surface area contributed by atoms with Gasteiger partial charge in [0, 0.05) is 41.7 Å². The van der Waals surface area contributed by atoms with Gasteiger partial charge in [0.15, 0.2) is 11.4 Å². The van der Waals surface area contributed by atoms with Crippen LogP contribution in [0.4, 0.5) is 18.9 Å². The summed E-state index contributed by atoms with van der Waals surface area (Å²) in [4.78, 5) is 43.5. The molecule has 0 saturated heterocycles. The minimum absolute atomic E-state index is 0.0281. The minimum Gasteiger partial charge on any atom is -0.508 e. The highest BCUT2D eigenvalue weighted by Crippen LogP contribution is 2.64. The SMILES string of the molecule is CN(C)c1cc(-c2ccc(OC(F)(F)F)cc2)c(O)c2c1C[C@@]1(C)C[C@@]3(C)[C@H](N(C)C)C(=O)C(C(N)=O)=C(O)[C@@]3(O)C(=O)C1=C2O. The van der Waals surface area contributed by atoms with Crippen LogP contribution < -0.4 is 15.4 Å². The molecule has 246 valence electrons. The lowest BCUT2D eigenvalue weighted by molar-refractivity contribution is -0.274. The first kappa shape index (κ1) is 32.8. The Hall–Kier alpha value is -4.56. The number of aliphatic hydroxyl groups excluding tert-OH is 2. The quantitative estimate of drug-likeness (QED) is 0.304. The van der Waals surface area contributed by atoms with Crippen LogP contribution in [-0.2, 0) is 20.8 Å². The van der Waals surface area contributed by atoms with Gasteiger partial charge >= 0.3 is 6.36 Å². The van der Waals surface area contributed by atoms with Gasteiger partial charge in [0.25, 0.3) is 5.91 Å². The normalized spacial score (nSPS) is 27.8.